The van der Waals surface area contributed by atoms with Crippen molar-refractivity contribution in [1.82, 2.24) is 14.9 Å². The molecule has 2 aliphatic heterocycles. The highest BCUT2D eigenvalue weighted by molar-refractivity contribution is 6.35. The van der Waals surface area contributed by atoms with Gasteiger partial charge in [-0.2, -0.15) is 0 Å². The zero-order valence-electron chi connectivity index (χ0n) is 13.3. The van der Waals surface area contributed by atoms with Crippen LogP contribution in [0.15, 0.2) is 24.4 Å². The largest absolute Gasteiger partial charge is 0.379 e. The summed E-state index contributed by atoms with van der Waals surface area (Å²) in [5, 5.41) is 1.63. The molecule has 0 aliphatic carbocycles. The van der Waals surface area contributed by atoms with Gasteiger partial charge in [-0.1, -0.05) is 11.6 Å². The molecule has 2 unspecified atom stereocenters. The number of nitrogens with zero attached hydrogens (tertiary/aromatic N) is 4. The standard InChI is InChI=1S/C17H21ClN4O/c1-12-9-13(21-5-7-23-8-6-21)11-22(12)16-10-15(18)14-3-2-4-19-17(14)20-16/h2-4,10,12-13H,5-9,11H2,1H3. The van der Waals surface area contributed by atoms with Crippen LogP contribution in [0, 0.1) is 0 Å². The van der Waals surface area contributed by atoms with Gasteiger partial charge < -0.3 is 9.64 Å². The van der Waals surface area contributed by atoms with Crippen LogP contribution in [-0.2, 0) is 4.74 Å². The van der Waals surface area contributed by atoms with E-state index in [4.69, 9.17) is 21.3 Å². The summed E-state index contributed by atoms with van der Waals surface area (Å²) >= 11 is 6.44. The van der Waals surface area contributed by atoms with Crippen molar-refractivity contribution in [2.24, 2.45) is 0 Å². The van der Waals surface area contributed by atoms with E-state index in [1.54, 1.807) is 6.20 Å². The van der Waals surface area contributed by atoms with Crippen molar-refractivity contribution in [3.63, 3.8) is 0 Å². The first kappa shape index (κ1) is 15.1. The van der Waals surface area contributed by atoms with E-state index in [2.05, 4.69) is 21.7 Å². The van der Waals surface area contributed by atoms with Crippen molar-refractivity contribution in [2.75, 3.05) is 37.7 Å². The molecule has 0 aromatic carbocycles. The van der Waals surface area contributed by atoms with Crippen LogP contribution in [0.1, 0.15) is 13.3 Å². The Morgan fingerprint density at radius 1 is 1.30 bits per heavy atom. The van der Waals surface area contributed by atoms with Crippen molar-refractivity contribution in [1.29, 1.82) is 0 Å². The first-order valence-electron chi connectivity index (χ1n) is 8.22. The van der Waals surface area contributed by atoms with Crippen LogP contribution in [0.2, 0.25) is 5.02 Å². The lowest BCUT2D eigenvalue weighted by atomic mass is 10.1. The first-order valence-corrected chi connectivity index (χ1v) is 8.60. The first-order chi connectivity index (χ1) is 11.2. The Labute approximate surface area is 141 Å². The molecule has 0 amide bonds. The molecule has 0 radical (unpaired) electrons. The maximum Gasteiger partial charge on any atom is 0.163 e. The van der Waals surface area contributed by atoms with Crippen molar-refractivity contribution in [3.8, 4) is 0 Å². The molecule has 6 heteroatoms. The van der Waals surface area contributed by atoms with E-state index >= 15 is 0 Å². The van der Waals surface area contributed by atoms with Gasteiger partial charge in [-0.25, -0.2) is 9.97 Å². The number of rotatable bonds is 2. The Morgan fingerprint density at radius 2 is 2.13 bits per heavy atom. The van der Waals surface area contributed by atoms with Gasteiger partial charge in [0, 0.05) is 49.4 Å². The van der Waals surface area contributed by atoms with Crippen LogP contribution >= 0.6 is 11.6 Å². The minimum absolute atomic E-state index is 0.451. The second-order valence-corrected chi connectivity index (χ2v) is 6.78. The number of morpholine rings is 1. The molecule has 2 aliphatic rings. The summed E-state index contributed by atoms with van der Waals surface area (Å²) in [4.78, 5) is 14.0. The van der Waals surface area contributed by atoms with E-state index in [-0.39, 0.29) is 0 Å². The maximum atomic E-state index is 6.44. The molecule has 2 saturated heterocycles. The summed E-state index contributed by atoms with van der Waals surface area (Å²) in [5.74, 6) is 0.935. The summed E-state index contributed by atoms with van der Waals surface area (Å²) in [6, 6.07) is 6.85. The van der Waals surface area contributed by atoms with Crippen molar-refractivity contribution < 1.29 is 4.74 Å². The molecule has 2 aromatic heterocycles. The predicted molar refractivity (Wildman–Crippen MR) is 92.2 cm³/mol. The van der Waals surface area contributed by atoms with Gasteiger partial charge in [0.2, 0.25) is 0 Å². The third kappa shape index (κ3) is 2.89. The predicted octanol–water partition coefficient (Wildman–Crippen LogP) is 2.58. The SMILES string of the molecule is CC1CC(N2CCOCC2)CN1c1cc(Cl)c2cccnc2n1. The molecule has 0 bridgehead atoms. The Bertz CT molecular complexity index is 704. The van der Waals surface area contributed by atoms with E-state index in [0.717, 1.165) is 61.1 Å². The second-order valence-electron chi connectivity index (χ2n) is 6.38. The summed E-state index contributed by atoms with van der Waals surface area (Å²) in [7, 11) is 0. The molecule has 0 saturated carbocycles. The van der Waals surface area contributed by atoms with Gasteiger partial charge in [0.05, 0.1) is 18.2 Å². The molecule has 0 N–H and O–H groups in total. The Morgan fingerprint density at radius 3 is 2.96 bits per heavy atom. The number of halogens is 1. The fourth-order valence-corrected chi connectivity index (χ4v) is 3.93. The summed E-state index contributed by atoms with van der Waals surface area (Å²) in [6.07, 6.45) is 2.92. The zero-order valence-corrected chi connectivity index (χ0v) is 14.0. The van der Waals surface area contributed by atoms with Crippen molar-refractivity contribution in [3.05, 3.63) is 29.4 Å². The summed E-state index contributed by atoms with van der Waals surface area (Å²) in [6.45, 7) is 6.99. The lowest BCUT2D eigenvalue weighted by Gasteiger charge is -2.32. The van der Waals surface area contributed by atoms with Gasteiger partial charge in [0.1, 0.15) is 5.82 Å². The monoisotopic (exact) mass is 332 g/mol. The Balaban J connectivity index is 1.60. The number of hydrogen-bond acceptors (Lipinski definition) is 5. The van der Waals surface area contributed by atoms with E-state index in [9.17, 15) is 0 Å². The third-order valence-corrected chi connectivity index (χ3v) is 5.24. The maximum absolute atomic E-state index is 6.44. The molecule has 122 valence electrons. The zero-order chi connectivity index (χ0) is 15.8. The normalized spacial score (nSPS) is 26.1. The fourth-order valence-electron chi connectivity index (χ4n) is 3.68. The molecular weight excluding hydrogens is 312 g/mol. The molecule has 2 aromatic rings. The Hall–Kier alpha value is -1.43. The second kappa shape index (κ2) is 6.23. The number of fused-ring (bicyclic) bond motifs is 1. The number of ether oxygens (including phenoxy) is 1. The van der Waals surface area contributed by atoms with Gasteiger partial charge in [-0.3, -0.25) is 4.90 Å². The van der Waals surface area contributed by atoms with Gasteiger partial charge in [-0.15, -0.1) is 0 Å². The number of hydrogen-bond donors (Lipinski definition) is 0. The van der Waals surface area contributed by atoms with E-state index in [0.29, 0.717) is 12.1 Å². The summed E-state index contributed by atoms with van der Waals surface area (Å²) < 4.78 is 5.47. The average molecular weight is 333 g/mol. The average Bonchev–Trinajstić information content (AvgIpc) is 2.97. The lowest BCUT2D eigenvalue weighted by molar-refractivity contribution is 0.0204. The van der Waals surface area contributed by atoms with E-state index in [1.807, 2.05) is 18.2 Å². The van der Waals surface area contributed by atoms with Gasteiger partial charge >= 0.3 is 0 Å². The van der Waals surface area contributed by atoms with E-state index < -0.39 is 0 Å². The van der Waals surface area contributed by atoms with Crippen LogP contribution in [0.25, 0.3) is 11.0 Å². The quantitative estimate of drug-likeness (QED) is 0.845. The highest BCUT2D eigenvalue weighted by Gasteiger charge is 2.34. The smallest absolute Gasteiger partial charge is 0.163 e. The topological polar surface area (TPSA) is 41.5 Å². The highest BCUT2D eigenvalue weighted by Crippen LogP contribution is 2.31. The number of anilines is 1. The Kier molecular flexibility index (Phi) is 4.09. The molecule has 2 atom stereocenters. The molecule has 4 heterocycles. The van der Waals surface area contributed by atoms with Gasteiger partial charge in [0.25, 0.3) is 0 Å². The minimum Gasteiger partial charge on any atom is -0.379 e. The van der Waals surface area contributed by atoms with Crippen LogP contribution in [0.5, 0.6) is 0 Å². The van der Waals surface area contributed by atoms with Gasteiger partial charge in [0.15, 0.2) is 5.65 Å². The number of pyridine rings is 2. The minimum atomic E-state index is 0.451. The third-order valence-electron chi connectivity index (χ3n) is 4.93. The van der Waals surface area contributed by atoms with Crippen LogP contribution in [0.3, 0.4) is 0 Å². The molecule has 4 rings (SSSR count). The molecule has 0 spiro atoms. The number of aromatic nitrogens is 2. The molecular formula is C17H21ClN4O. The van der Waals surface area contributed by atoms with Gasteiger partial charge in [-0.05, 0) is 25.5 Å². The van der Waals surface area contributed by atoms with Crippen molar-refractivity contribution >= 4 is 28.5 Å². The van der Waals surface area contributed by atoms with Crippen LogP contribution in [0.4, 0.5) is 5.82 Å². The summed E-state index contributed by atoms with van der Waals surface area (Å²) in [5.41, 5.74) is 0.719. The van der Waals surface area contributed by atoms with Crippen LogP contribution in [-0.4, -0.2) is 59.8 Å². The molecule has 2 fully saturated rings. The van der Waals surface area contributed by atoms with Crippen LogP contribution < -0.4 is 4.90 Å². The van der Waals surface area contributed by atoms with E-state index in [1.165, 1.54) is 0 Å². The van der Waals surface area contributed by atoms with Crippen molar-refractivity contribution in [2.45, 2.75) is 25.4 Å². The fraction of sp³-hybridized carbons (Fsp3) is 0.529. The lowest BCUT2D eigenvalue weighted by Crippen LogP contribution is -2.44. The highest BCUT2D eigenvalue weighted by atomic mass is 35.5. The molecule has 23 heavy (non-hydrogen) atoms. The molecule has 5 nitrogen and oxygen atoms in total.